The molecule has 0 bridgehead atoms. The molecule has 0 radical (unpaired) electrons. The standard InChI is InChI=1S/C8H11N/c1-6-5-8(7(6)2)9-3-4-9/h5H,3-4H2,1-2H3. The maximum absolute atomic E-state index is 2.39. The molecule has 0 unspecified atom stereocenters. The Kier molecular flexibility index (Phi) is 0.797. The van der Waals surface area contributed by atoms with Crippen molar-refractivity contribution < 1.29 is 0 Å². The molecule has 0 saturated carbocycles. The van der Waals surface area contributed by atoms with Crippen LogP contribution < -0.4 is 0 Å². The fourth-order valence-electron chi connectivity index (χ4n) is 1.17. The van der Waals surface area contributed by atoms with Gasteiger partial charge in [0.05, 0.1) is 0 Å². The molecule has 1 aliphatic carbocycles. The number of allylic oxidation sites excluding steroid dienone is 3. The highest BCUT2D eigenvalue weighted by Gasteiger charge is 2.25. The third kappa shape index (κ3) is 0.607. The first kappa shape index (κ1) is 5.10. The molecule has 2 rings (SSSR count). The second-order valence-electron chi connectivity index (χ2n) is 2.82. The van der Waals surface area contributed by atoms with Crippen molar-refractivity contribution in [3.05, 3.63) is 22.9 Å². The van der Waals surface area contributed by atoms with Crippen LogP contribution in [-0.4, -0.2) is 18.0 Å². The van der Waals surface area contributed by atoms with Crippen LogP contribution in [0.2, 0.25) is 0 Å². The summed E-state index contributed by atoms with van der Waals surface area (Å²) in [4.78, 5) is 2.39. The van der Waals surface area contributed by atoms with Gasteiger partial charge in [-0.1, -0.05) is 0 Å². The first-order valence-corrected chi connectivity index (χ1v) is 3.43. The summed E-state index contributed by atoms with van der Waals surface area (Å²) in [7, 11) is 0. The first-order chi connectivity index (χ1) is 4.29. The lowest BCUT2D eigenvalue weighted by Crippen LogP contribution is -2.06. The molecule has 1 aliphatic heterocycles. The maximum atomic E-state index is 2.39. The summed E-state index contributed by atoms with van der Waals surface area (Å²) in [5.74, 6) is 0. The molecule has 0 spiro atoms. The average molecular weight is 121 g/mol. The third-order valence-corrected chi connectivity index (χ3v) is 2.12. The van der Waals surface area contributed by atoms with Crippen molar-refractivity contribution in [2.75, 3.05) is 13.1 Å². The maximum Gasteiger partial charge on any atom is 0.0402 e. The van der Waals surface area contributed by atoms with Gasteiger partial charge in [0.25, 0.3) is 0 Å². The Balaban J connectivity index is 2.15. The molecule has 0 atom stereocenters. The summed E-state index contributed by atoms with van der Waals surface area (Å²) < 4.78 is 0. The zero-order valence-corrected chi connectivity index (χ0v) is 5.94. The van der Waals surface area contributed by atoms with Gasteiger partial charge in [-0.15, -0.1) is 0 Å². The van der Waals surface area contributed by atoms with Crippen molar-refractivity contribution in [1.29, 1.82) is 0 Å². The lowest BCUT2D eigenvalue weighted by molar-refractivity contribution is 0.697. The highest BCUT2D eigenvalue weighted by molar-refractivity contribution is 5.50. The van der Waals surface area contributed by atoms with Crippen molar-refractivity contribution in [3.8, 4) is 0 Å². The quantitative estimate of drug-likeness (QED) is 0.475. The van der Waals surface area contributed by atoms with Crippen LogP contribution >= 0.6 is 0 Å². The largest absolute Gasteiger partial charge is 0.368 e. The Morgan fingerprint density at radius 2 is 2.00 bits per heavy atom. The van der Waals surface area contributed by atoms with Gasteiger partial charge in [-0.05, 0) is 31.1 Å². The van der Waals surface area contributed by atoms with Crippen LogP contribution in [0.25, 0.3) is 0 Å². The summed E-state index contributed by atoms with van der Waals surface area (Å²) in [5.41, 5.74) is 4.43. The molecular weight excluding hydrogens is 110 g/mol. The smallest absolute Gasteiger partial charge is 0.0402 e. The van der Waals surface area contributed by atoms with E-state index >= 15 is 0 Å². The van der Waals surface area contributed by atoms with E-state index in [1.807, 2.05) is 0 Å². The van der Waals surface area contributed by atoms with Crippen molar-refractivity contribution in [3.63, 3.8) is 0 Å². The van der Waals surface area contributed by atoms with E-state index in [0.29, 0.717) is 0 Å². The predicted molar refractivity (Wildman–Crippen MR) is 38.0 cm³/mol. The Morgan fingerprint density at radius 1 is 1.33 bits per heavy atom. The Labute approximate surface area is 55.7 Å². The summed E-state index contributed by atoms with van der Waals surface area (Å²) >= 11 is 0. The molecule has 0 aromatic carbocycles. The van der Waals surface area contributed by atoms with Gasteiger partial charge in [-0.2, -0.15) is 0 Å². The molecule has 2 aliphatic rings. The average Bonchev–Trinajstić information content (AvgIpc) is 2.63. The van der Waals surface area contributed by atoms with Crippen LogP contribution in [-0.2, 0) is 0 Å². The molecule has 0 amide bonds. The molecule has 1 heterocycles. The fraction of sp³-hybridized carbons (Fsp3) is 0.500. The van der Waals surface area contributed by atoms with Crippen LogP contribution in [0.5, 0.6) is 0 Å². The molecule has 48 valence electrons. The van der Waals surface area contributed by atoms with E-state index in [2.05, 4.69) is 24.8 Å². The van der Waals surface area contributed by atoms with Crippen LogP contribution in [0, 0.1) is 0 Å². The molecule has 1 fully saturated rings. The number of hydrogen-bond donors (Lipinski definition) is 0. The summed E-state index contributed by atoms with van der Waals surface area (Å²) in [6.45, 7) is 6.91. The van der Waals surface area contributed by atoms with E-state index in [1.54, 1.807) is 0 Å². The lowest BCUT2D eigenvalue weighted by Gasteiger charge is -2.19. The monoisotopic (exact) mass is 121 g/mol. The minimum absolute atomic E-state index is 1.27. The zero-order valence-electron chi connectivity index (χ0n) is 5.94. The summed E-state index contributed by atoms with van der Waals surface area (Å²) in [6, 6.07) is 0. The van der Waals surface area contributed by atoms with Crippen molar-refractivity contribution in [1.82, 2.24) is 4.90 Å². The third-order valence-electron chi connectivity index (χ3n) is 2.12. The fourth-order valence-corrected chi connectivity index (χ4v) is 1.17. The minimum atomic E-state index is 1.27. The molecular formula is C8H11N. The topological polar surface area (TPSA) is 3.01 Å². The Morgan fingerprint density at radius 3 is 2.33 bits per heavy atom. The number of rotatable bonds is 1. The zero-order chi connectivity index (χ0) is 6.43. The van der Waals surface area contributed by atoms with Crippen molar-refractivity contribution in [2.24, 2.45) is 0 Å². The molecule has 0 aromatic rings. The Bertz CT molecular complexity index is 207. The van der Waals surface area contributed by atoms with Crippen molar-refractivity contribution in [2.45, 2.75) is 13.8 Å². The van der Waals surface area contributed by atoms with Crippen LogP contribution in [0.1, 0.15) is 13.8 Å². The Hall–Kier alpha value is -0.720. The minimum Gasteiger partial charge on any atom is -0.368 e. The van der Waals surface area contributed by atoms with Gasteiger partial charge in [-0.25, -0.2) is 0 Å². The number of nitrogens with zero attached hydrogens (tertiary/aromatic N) is 1. The number of hydrogen-bond acceptors (Lipinski definition) is 1. The summed E-state index contributed by atoms with van der Waals surface area (Å²) in [6.07, 6.45) is 2.27. The molecule has 1 heteroatoms. The summed E-state index contributed by atoms with van der Waals surface area (Å²) in [5, 5.41) is 0. The van der Waals surface area contributed by atoms with E-state index in [4.69, 9.17) is 0 Å². The van der Waals surface area contributed by atoms with Gasteiger partial charge in [0.1, 0.15) is 0 Å². The van der Waals surface area contributed by atoms with E-state index in [0.717, 1.165) is 0 Å². The highest BCUT2D eigenvalue weighted by atomic mass is 15.3. The van der Waals surface area contributed by atoms with Crippen LogP contribution in [0.3, 0.4) is 0 Å². The van der Waals surface area contributed by atoms with Gasteiger partial charge < -0.3 is 4.90 Å². The predicted octanol–water partition coefficient (Wildman–Crippen LogP) is 1.54. The highest BCUT2D eigenvalue weighted by Crippen LogP contribution is 2.32. The molecule has 1 nitrogen and oxygen atoms in total. The first-order valence-electron chi connectivity index (χ1n) is 3.43. The van der Waals surface area contributed by atoms with Gasteiger partial charge in [0.15, 0.2) is 0 Å². The molecule has 1 saturated heterocycles. The van der Waals surface area contributed by atoms with Gasteiger partial charge >= 0.3 is 0 Å². The second kappa shape index (κ2) is 1.41. The van der Waals surface area contributed by atoms with E-state index < -0.39 is 0 Å². The molecule has 9 heavy (non-hydrogen) atoms. The normalized spacial score (nSPS) is 23.8. The molecule has 0 aromatic heterocycles. The van der Waals surface area contributed by atoms with Gasteiger partial charge in [0.2, 0.25) is 0 Å². The van der Waals surface area contributed by atoms with Crippen LogP contribution in [0.4, 0.5) is 0 Å². The second-order valence-corrected chi connectivity index (χ2v) is 2.82. The van der Waals surface area contributed by atoms with Gasteiger partial charge in [-0.3, -0.25) is 0 Å². The molecule has 0 N–H and O–H groups in total. The van der Waals surface area contributed by atoms with E-state index in [9.17, 15) is 0 Å². The van der Waals surface area contributed by atoms with Gasteiger partial charge in [0, 0.05) is 18.8 Å². The van der Waals surface area contributed by atoms with E-state index in [-0.39, 0.29) is 0 Å². The van der Waals surface area contributed by atoms with E-state index in [1.165, 1.54) is 29.9 Å². The SMILES string of the molecule is CC1=CC(N2CC2)=C1C. The van der Waals surface area contributed by atoms with Crippen LogP contribution in [0.15, 0.2) is 22.9 Å². The van der Waals surface area contributed by atoms with Crippen molar-refractivity contribution >= 4 is 0 Å². The lowest BCUT2D eigenvalue weighted by atomic mass is 9.96.